The number of ether oxygens (including phenoxy) is 2. The lowest BCUT2D eigenvalue weighted by Gasteiger charge is -2.22. The van der Waals surface area contributed by atoms with Gasteiger partial charge in [-0.1, -0.05) is 0 Å². The van der Waals surface area contributed by atoms with Crippen LogP contribution >= 0.6 is 22.6 Å². The second-order valence-corrected chi connectivity index (χ2v) is 5.37. The first-order valence-corrected chi connectivity index (χ1v) is 6.98. The van der Waals surface area contributed by atoms with Crippen molar-refractivity contribution in [2.24, 2.45) is 0 Å². The van der Waals surface area contributed by atoms with Crippen LogP contribution in [0.5, 0.6) is 0 Å². The Hall–Kier alpha value is -0.690. The number of carbonyl (C=O) groups excluding carboxylic acids is 1. The van der Waals surface area contributed by atoms with Crippen molar-refractivity contribution in [1.82, 2.24) is 0 Å². The fraction of sp³-hybridized carbons (Fsp3) is 0.462. The van der Waals surface area contributed by atoms with Gasteiger partial charge in [-0.3, -0.25) is 0 Å². The van der Waals surface area contributed by atoms with Gasteiger partial charge in [-0.25, -0.2) is 9.18 Å². The first kappa shape index (κ1) is 13.7. The smallest absolute Gasteiger partial charge is 0.339 e. The third kappa shape index (κ3) is 3.65. The normalized spacial score (nSPS) is 19.6. The van der Waals surface area contributed by atoms with Crippen LogP contribution in [0.3, 0.4) is 0 Å². The minimum atomic E-state index is -0.423. The molecule has 5 heteroatoms. The molecule has 98 valence electrons. The summed E-state index contributed by atoms with van der Waals surface area (Å²) in [5, 5.41) is 0. The van der Waals surface area contributed by atoms with E-state index in [1.54, 1.807) is 0 Å². The first-order valence-electron chi connectivity index (χ1n) is 5.90. The van der Waals surface area contributed by atoms with Crippen LogP contribution in [0.2, 0.25) is 0 Å². The maximum absolute atomic E-state index is 12.9. The van der Waals surface area contributed by atoms with Crippen LogP contribution in [0.15, 0.2) is 18.2 Å². The highest BCUT2D eigenvalue weighted by Crippen LogP contribution is 2.17. The maximum Gasteiger partial charge on any atom is 0.339 e. The Bertz CT molecular complexity index is 430. The van der Waals surface area contributed by atoms with Gasteiger partial charge in [0, 0.05) is 10.2 Å². The van der Waals surface area contributed by atoms with Gasteiger partial charge in [0.1, 0.15) is 12.4 Å². The predicted octanol–water partition coefficient (Wildman–Crippen LogP) is 3.16. The van der Waals surface area contributed by atoms with E-state index >= 15 is 0 Å². The molecule has 1 atom stereocenters. The number of hydrogen-bond acceptors (Lipinski definition) is 3. The number of esters is 1. The second kappa shape index (κ2) is 6.47. The molecule has 1 fully saturated rings. The molecule has 1 aliphatic rings. The van der Waals surface area contributed by atoms with E-state index in [2.05, 4.69) is 0 Å². The Morgan fingerprint density at radius 1 is 1.50 bits per heavy atom. The topological polar surface area (TPSA) is 35.5 Å². The summed E-state index contributed by atoms with van der Waals surface area (Å²) in [6, 6.07) is 4.02. The quantitative estimate of drug-likeness (QED) is 0.611. The Kier molecular flexibility index (Phi) is 4.94. The molecule has 0 saturated carbocycles. The van der Waals surface area contributed by atoms with Crippen LogP contribution < -0.4 is 0 Å². The number of carbonyl (C=O) groups is 1. The van der Waals surface area contributed by atoms with E-state index in [4.69, 9.17) is 9.47 Å². The van der Waals surface area contributed by atoms with Crippen molar-refractivity contribution < 1.29 is 18.7 Å². The average Bonchev–Trinajstić information content (AvgIpc) is 2.37. The van der Waals surface area contributed by atoms with E-state index in [1.807, 2.05) is 22.6 Å². The Labute approximate surface area is 119 Å². The molecular formula is C13H14FIO3. The van der Waals surface area contributed by atoms with Gasteiger partial charge in [0.2, 0.25) is 0 Å². The fourth-order valence-corrected chi connectivity index (χ4v) is 2.54. The molecule has 1 unspecified atom stereocenters. The van der Waals surface area contributed by atoms with Gasteiger partial charge in [-0.05, 0) is 60.1 Å². The van der Waals surface area contributed by atoms with E-state index in [0.29, 0.717) is 9.13 Å². The Balaban J connectivity index is 1.90. The molecule has 0 radical (unpaired) electrons. The van der Waals surface area contributed by atoms with Gasteiger partial charge in [-0.15, -0.1) is 0 Å². The molecule has 0 amide bonds. The highest BCUT2D eigenvalue weighted by molar-refractivity contribution is 14.1. The van der Waals surface area contributed by atoms with E-state index in [1.165, 1.54) is 18.2 Å². The molecule has 0 aromatic heterocycles. The zero-order valence-corrected chi connectivity index (χ0v) is 12.0. The lowest BCUT2D eigenvalue weighted by atomic mass is 10.1. The molecule has 2 rings (SSSR count). The molecule has 0 spiro atoms. The summed E-state index contributed by atoms with van der Waals surface area (Å²) in [5.74, 6) is -0.778. The van der Waals surface area contributed by atoms with Gasteiger partial charge in [0.25, 0.3) is 0 Å². The molecule has 0 N–H and O–H groups in total. The minimum Gasteiger partial charge on any atom is -0.459 e. The fourth-order valence-electron chi connectivity index (χ4n) is 1.84. The SMILES string of the molecule is O=C(OCC1CCCCO1)c1ccc(F)cc1I. The molecule has 1 heterocycles. The third-order valence-corrected chi connectivity index (χ3v) is 3.72. The number of benzene rings is 1. The van der Waals surface area contributed by atoms with Crippen LogP contribution in [-0.2, 0) is 9.47 Å². The number of halogens is 2. The predicted molar refractivity (Wildman–Crippen MR) is 73.0 cm³/mol. The van der Waals surface area contributed by atoms with Crippen LogP contribution in [0, 0.1) is 9.39 Å². The van der Waals surface area contributed by atoms with Crippen molar-refractivity contribution in [2.45, 2.75) is 25.4 Å². The van der Waals surface area contributed by atoms with Crippen LogP contribution in [0.4, 0.5) is 4.39 Å². The highest BCUT2D eigenvalue weighted by atomic mass is 127. The summed E-state index contributed by atoms with van der Waals surface area (Å²) in [7, 11) is 0. The van der Waals surface area contributed by atoms with Gasteiger partial charge in [0.15, 0.2) is 0 Å². The van der Waals surface area contributed by atoms with Crippen molar-refractivity contribution >= 4 is 28.6 Å². The molecule has 0 aliphatic carbocycles. The number of hydrogen-bond donors (Lipinski definition) is 0. The lowest BCUT2D eigenvalue weighted by Crippen LogP contribution is -2.26. The second-order valence-electron chi connectivity index (χ2n) is 4.21. The summed E-state index contributed by atoms with van der Waals surface area (Å²) in [5.41, 5.74) is 0.396. The standard InChI is InChI=1S/C13H14FIO3/c14-9-4-5-11(12(15)7-9)13(16)18-8-10-3-1-2-6-17-10/h4-5,7,10H,1-3,6,8H2. The van der Waals surface area contributed by atoms with Gasteiger partial charge in [0.05, 0.1) is 11.7 Å². The summed E-state index contributed by atoms with van der Waals surface area (Å²) in [6.07, 6.45) is 3.10. The molecule has 0 bridgehead atoms. The maximum atomic E-state index is 12.9. The molecular weight excluding hydrogens is 350 g/mol. The molecule has 1 saturated heterocycles. The third-order valence-electron chi connectivity index (χ3n) is 2.83. The summed E-state index contributed by atoms with van der Waals surface area (Å²) in [6.45, 7) is 1.00. The first-order chi connectivity index (χ1) is 8.66. The molecule has 1 aromatic carbocycles. The van der Waals surface area contributed by atoms with Crippen molar-refractivity contribution in [3.63, 3.8) is 0 Å². The van der Waals surface area contributed by atoms with E-state index in [-0.39, 0.29) is 18.5 Å². The van der Waals surface area contributed by atoms with Crippen LogP contribution in [0.25, 0.3) is 0 Å². The zero-order chi connectivity index (χ0) is 13.0. The summed E-state index contributed by atoms with van der Waals surface area (Å²) in [4.78, 5) is 11.8. The molecule has 1 aromatic rings. The number of rotatable bonds is 3. The van der Waals surface area contributed by atoms with Crippen molar-refractivity contribution in [2.75, 3.05) is 13.2 Å². The van der Waals surface area contributed by atoms with Gasteiger partial charge >= 0.3 is 5.97 Å². The highest BCUT2D eigenvalue weighted by Gasteiger charge is 2.18. The van der Waals surface area contributed by atoms with E-state index in [0.717, 1.165) is 25.9 Å². The average molecular weight is 364 g/mol. The molecule has 18 heavy (non-hydrogen) atoms. The largest absolute Gasteiger partial charge is 0.459 e. The molecule has 3 nitrogen and oxygen atoms in total. The monoisotopic (exact) mass is 364 g/mol. The van der Waals surface area contributed by atoms with E-state index < -0.39 is 5.97 Å². The van der Waals surface area contributed by atoms with Gasteiger partial charge in [-0.2, -0.15) is 0 Å². The minimum absolute atomic E-state index is 0.000750. The van der Waals surface area contributed by atoms with Crippen LogP contribution in [0.1, 0.15) is 29.6 Å². The summed E-state index contributed by atoms with van der Waals surface area (Å²) < 4.78 is 24.1. The Morgan fingerprint density at radius 3 is 3.00 bits per heavy atom. The Morgan fingerprint density at radius 2 is 2.33 bits per heavy atom. The van der Waals surface area contributed by atoms with E-state index in [9.17, 15) is 9.18 Å². The van der Waals surface area contributed by atoms with Crippen molar-refractivity contribution in [3.8, 4) is 0 Å². The van der Waals surface area contributed by atoms with Gasteiger partial charge < -0.3 is 9.47 Å². The van der Waals surface area contributed by atoms with Crippen LogP contribution in [-0.4, -0.2) is 25.3 Å². The summed E-state index contributed by atoms with van der Waals surface area (Å²) >= 11 is 1.92. The van der Waals surface area contributed by atoms with Crippen molar-refractivity contribution in [3.05, 3.63) is 33.1 Å². The lowest BCUT2D eigenvalue weighted by molar-refractivity contribution is -0.0300. The van der Waals surface area contributed by atoms with Crippen molar-refractivity contribution in [1.29, 1.82) is 0 Å². The zero-order valence-electron chi connectivity index (χ0n) is 9.83. The molecule has 1 aliphatic heterocycles.